The SMILES string of the molecule is CCC1CCC(CN)(NS(=O)(=O)N2CCCCC2C)CC1. The van der Waals surface area contributed by atoms with Crippen LogP contribution in [-0.2, 0) is 10.2 Å². The van der Waals surface area contributed by atoms with Gasteiger partial charge in [-0.2, -0.15) is 17.4 Å². The Morgan fingerprint density at radius 3 is 2.43 bits per heavy atom. The van der Waals surface area contributed by atoms with Crippen molar-refractivity contribution in [2.75, 3.05) is 13.1 Å². The van der Waals surface area contributed by atoms with E-state index in [0.29, 0.717) is 13.1 Å². The van der Waals surface area contributed by atoms with E-state index in [1.165, 1.54) is 6.42 Å². The molecule has 0 spiro atoms. The van der Waals surface area contributed by atoms with Crippen LogP contribution in [0, 0.1) is 5.92 Å². The van der Waals surface area contributed by atoms with Crippen molar-refractivity contribution in [1.29, 1.82) is 0 Å². The highest BCUT2D eigenvalue weighted by Crippen LogP contribution is 2.34. The van der Waals surface area contributed by atoms with E-state index < -0.39 is 15.7 Å². The van der Waals surface area contributed by atoms with Crippen LogP contribution in [0.1, 0.15) is 65.2 Å². The van der Waals surface area contributed by atoms with Crippen LogP contribution in [0.3, 0.4) is 0 Å². The maximum atomic E-state index is 12.7. The minimum Gasteiger partial charge on any atom is -0.329 e. The maximum absolute atomic E-state index is 12.7. The van der Waals surface area contributed by atoms with Crippen LogP contribution >= 0.6 is 0 Å². The van der Waals surface area contributed by atoms with Gasteiger partial charge < -0.3 is 5.73 Å². The van der Waals surface area contributed by atoms with Crippen LogP contribution in [-0.4, -0.2) is 37.4 Å². The van der Waals surface area contributed by atoms with Gasteiger partial charge in [-0.15, -0.1) is 0 Å². The summed E-state index contributed by atoms with van der Waals surface area (Å²) in [4.78, 5) is 0. The number of nitrogens with zero attached hydrogens (tertiary/aromatic N) is 1. The lowest BCUT2D eigenvalue weighted by Gasteiger charge is -2.42. The Bertz CT molecular complexity index is 430. The van der Waals surface area contributed by atoms with Crippen LogP contribution in [0.5, 0.6) is 0 Å². The molecule has 5 nitrogen and oxygen atoms in total. The predicted octanol–water partition coefficient (Wildman–Crippen LogP) is 1.99. The Kier molecular flexibility index (Phi) is 5.68. The number of hydrogen-bond acceptors (Lipinski definition) is 3. The van der Waals surface area contributed by atoms with E-state index in [2.05, 4.69) is 11.6 Å². The third kappa shape index (κ3) is 3.97. The number of nitrogens with one attached hydrogen (secondary N) is 1. The second-order valence-corrected chi connectivity index (χ2v) is 8.52. The van der Waals surface area contributed by atoms with Gasteiger partial charge in [0, 0.05) is 24.7 Å². The molecule has 0 radical (unpaired) electrons. The van der Waals surface area contributed by atoms with Crippen molar-refractivity contribution < 1.29 is 8.42 Å². The molecule has 0 bridgehead atoms. The van der Waals surface area contributed by atoms with Crippen LogP contribution < -0.4 is 10.5 Å². The van der Waals surface area contributed by atoms with E-state index in [9.17, 15) is 8.42 Å². The van der Waals surface area contributed by atoms with Gasteiger partial charge >= 0.3 is 0 Å². The summed E-state index contributed by atoms with van der Waals surface area (Å²) in [5.74, 6) is 0.725. The molecule has 124 valence electrons. The highest BCUT2D eigenvalue weighted by atomic mass is 32.2. The summed E-state index contributed by atoms with van der Waals surface area (Å²) in [5.41, 5.74) is 5.52. The molecule has 1 aliphatic carbocycles. The molecule has 1 aliphatic heterocycles. The zero-order chi connectivity index (χ0) is 15.5. The van der Waals surface area contributed by atoms with Gasteiger partial charge in [0.1, 0.15) is 0 Å². The molecule has 1 saturated heterocycles. The lowest BCUT2D eigenvalue weighted by molar-refractivity contribution is 0.205. The number of piperidine rings is 1. The highest BCUT2D eigenvalue weighted by molar-refractivity contribution is 7.87. The maximum Gasteiger partial charge on any atom is 0.280 e. The van der Waals surface area contributed by atoms with Gasteiger partial charge in [0.05, 0.1) is 0 Å². The molecule has 1 heterocycles. The minimum absolute atomic E-state index is 0.0954. The van der Waals surface area contributed by atoms with Crippen molar-refractivity contribution in [2.24, 2.45) is 11.7 Å². The topological polar surface area (TPSA) is 75.4 Å². The molecule has 0 amide bonds. The van der Waals surface area contributed by atoms with Gasteiger partial charge in [0.25, 0.3) is 10.2 Å². The summed E-state index contributed by atoms with van der Waals surface area (Å²) in [6.07, 6.45) is 8.08. The molecule has 0 aromatic rings. The molecular formula is C15H31N3O2S. The van der Waals surface area contributed by atoms with E-state index in [-0.39, 0.29) is 6.04 Å². The largest absolute Gasteiger partial charge is 0.329 e. The summed E-state index contributed by atoms with van der Waals surface area (Å²) in [5, 5.41) is 0. The summed E-state index contributed by atoms with van der Waals surface area (Å²) >= 11 is 0. The molecule has 0 aromatic carbocycles. The zero-order valence-electron chi connectivity index (χ0n) is 13.5. The van der Waals surface area contributed by atoms with Gasteiger partial charge in [-0.25, -0.2) is 0 Å². The number of hydrogen-bond donors (Lipinski definition) is 2. The molecule has 1 saturated carbocycles. The predicted molar refractivity (Wildman–Crippen MR) is 86.1 cm³/mol. The number of rotatable bonds is 5. The molecule has 6 heteroatoms. The van der Waals surface area contributed by atoms with Crippen molar-refractivity contribution in [3.05, 3.63) is 0 Å². The summed E-state index contributed by atoms with van der Waals surface area (Å²) < 4.78 is 30.1. The van der Waals surface area contributed by atoms with E-state index in [4.69, 9.17) is 5.73 Å². The molecular weight excluding hydrogens is 286 g/mol. The molecule has 0 aromatic heterocycles. The fraction of sp³-hybridized carbons (Fsp3) is 1.00. The second-order valence-electron chi connectivity index (χ2n) is 6.90. The molecule has 3 N–H and O–H groups in total. The molecule has 1 unspecified atom stereocenters. The fourth-order valence-electron chi connectivity index (χ4n) is 3.75. The summed E-state index contributed by atoms with van der Waals surface area (Å²) in [6.45, 7) is 5.24. The first kappa shape index (κ1) is 17.2. The average Bonchev–Trinajstić information content (AvgIpc) is 2.48. The molecule has 2 rings (SSSR count). The van der Waals surface area contributed by atoms with Crippen molar-refractivity contribution in [2.45, 2.75) is 76.8 Å². The van der Waals surface area contributed by atoms with Gasteiger partial charge in [-0.3, -0.25) is 0 Å². The quantitative estimate of drug-likeness (QED) is 0.814. The Balaban J connectivity index is 2.06. The first-order chi connectivity index (χ1) is 9.92. The smallest absolute Gasteiger partial charge is 0.280 e. The van der Waals surface area contributed by atoms with Crippen LogP contribution in [0.2, 0.25) is 0 Å². The Labute approximate surface area is 129 Å². The average molecular weight is 317 g/mol. The Morgan fingerprint density at radius 1 is 1.24 bits per heavy atom. The third-order valence-corrected chi connectivity index (χ3v) is 7.28. The molecule has 2 aliphatic rings. The Morgan fingerprint density at radius 2 is 1.90 bits per heavy atom. The lowest BCUT2D eigenvalue weighted by Crippen LogP contribution is -2.60. The fourth-order valence-corrected chi connectivity index (χ4v) is 5.65. The van der Waals surface area contributed by atoms with E-state index >= 15 is 0 Å². The first-order valence-electron chi connectivity index (χ1n) is 8.43. The summed E-state index contributed by atoms with van der Waals surface area (Å²) in [6, 6.07) is 0.0954. The van der Waals surface area contributed by atoms with Crippen molar-refractivity contribution in [3.63, 3.8) is 0 Å². The van der Waals surface area contributed by atoms with Crippen LogP contribution in [0.25, 0.3) is 0 Å². The normalized spacial score (nSPS) is 35.8. The number of nitrogens with two attached hydrogens (primary N) is 1. The van der Waals surface area contributed by atoms with Gasteiger partial charge in [-0.05, 0) is 51.4 Å². The molecule has 2 fully saturated rings. The van der Waals surface area contributed by atoms with Crippen molar-refractivity contribution in [1.82, 2.24) is 9.03 Å². The summed E-state index contributed by atoms with van der Waals surface area (Å²) in [7, 11) is -3.42. The van der Waals surface area contributed by atoms with Crippen LogP contribution in [0.15, 0.2) is 0 Å². The lowest BCUT2D eigenvalue weighted by atomic mass is 9.76. The Hall–Kier alpha value is -0.170. The van der Waals surface area contributed by atoms with Crippen molar-refractivity contribution in [3.8, 4) is 0 Å². The monoisotopic (exact) mass is 317 g/mol. The third-order valence-electron chi connectivity index (χ3n) is 5.43. The van der Waals surface area contributed by atoms with E-state index in [1.54, 1.807) is 4.31 Å². The molecule has 21 heavy (non-hydrogen) atoms. The van der Waals surface area contributed by atoms with E-state index in [1.807, 2.05) is 6.92 Å². The van der Waals surface area contributed by atoms with Gasteiger partial charge in [0.15, 0.2) is 0 Å². The standard InChI is InChI=1S/C15H31N3O2S/c1-3-14-7-9-15(12-16,10-8-14)17-21(19,20)18-11-5-4-6-13(18)2/h13-14,17H,3-12,16H2,1-2H3. The van der Waals surface area contributed by atoms with Gasteiger partial charge in [0.2, 0.25) is 0 Å². The zero-order valence-corrected chi connectivity index (χ0v) is 14.3. The van der Waals surface area contributed by atoms with Gasteiger partial charge in [-0.1, -0.05) is 19.8 Å². The van der Waals surface area contributed by atoms with E-state index in [0.717, 1.165) is 50.9 Å². The highest BCUT2D eigenvalue weighted by Gasteiger charge is 2.40. The minimum atomic E-state index is -3.42. The van der Waals surface area contributed by atoms with Crippen LogP contribution in [0.4, 0.5) is 0 Å². The molecule has 1 atom stereocenters. The first-order valence-corrected chi connectivity index (χ1v) is 9.87. The second kappa shape index (κ2) is 6.94. The van der Waals surface area contributed by atoms with Crippen molar-refractivity contribution >= 4 is 10.2 Å².